The largest absolute Gasteiger partial charge is 0.493 e. The van der Waals surface area contributed by atoms with Crippen molar-refractivity contribution < 1.29 is 14.3 Å². The Bertz CT molecular complexity index is 476. The number of nitrogens with zero attached hydrogens (tertiary/aromatic N) is 1. The Labute approximate surface area is 119 Å². The molecule has 1 aromatic carbocycles. The van der Waals surface area contributed by atoms with E-state index in [1.165, 1.54) is 0 Å². The minimum Gasteiger partial charge on any atom is -0.493 e. The number of aryl methyl sites for hydroxylation is 1. The SMILES string of the molecule is COc1ccc(CCC(=O)N2CC[C@@H](N)C2)cc1OC. The monoisotopic (exact) mass is 278 g/mol. The lowest BCUT2D eigenvalue weighted by molar-refractivity contribution is -0.130. The van der Waals surface area contributed by atoms with Crippen molar-refractivity contribution in [2.75, 3.05) is 27.3 Å². The van der Waals surface area contributed by atoms with Gasteiger partial charge in [-0.3, -0.25) is 4.79 Å². The number of carbonyl (C=O) groups is 1. The van der Waals surface area contributed by atoms with Gasteiger partial charge < -0.3 is 20.1 Å². The van der Waals surface area contributed by atoms with Gasteiger partial charge in [0.15, 0.2) is 11.5 Å². The molecule has 1 aliphatic heterocycles. The highest BCUT2D eigenvalue weighted by Gasteiger charge is 2.23. The molecule has 0 bridgehead atoms. The van der Waals surface area contributed by atoms with Gasteiger partial charge in [-0.2, -0.15) is 0 Å². The summed E-state index contributed by atoms with van der Waals surface area (Å²) in [4.78, 5) is 13.9. The van der Waals surface area contributed by atoms with Gasteiger partial charge in [0.25, 0.3) is 0 Å². The van der Waals surface area contributed by atoms with E-state index in [4.69, 9.17) is 15.2 Å². The lowest BCUT2D eigenvalue weighted by atomic mass is 10.1. The lowest BCUT2D eigenvalue weighted by Crippen LogP contribution is -2.31. The van der Waals surface area contributed by atoms with Gasteiger partial charge >= 0.3 is 0 Å². The minimum absolute atomic E-state index is 0.139. The van der Waals surface area contributed by atoms with Gasteiger partial charge in [-0.05, 0) is 30.5 Å². The first-order valence-electron chi connectivity index (χ1n) is 6.88. The number of nitrogens with two attached hydrogens (primary N) is 1. The highest BCUT2D eigenvalue weighted by Crippen LogP contribution is 2.28. The minimum atomic E-state index is 0.139. The summed E-state index contributed by atoms with van der Waals surface area (Å²) >= 11 is 0. The zero-order chi connectivity index (χ0) is 14.5. The molecule has 1 fully saturated rings. The second-order valence-electron chi connectivity index (χ2n) is 5.08. The Morgan fingerprint density at radius 3 is 2.70 bits per heavy atom. The van der Waals surface area contributed by atoms with Crippen LogP contribution in [0.3, 0.4) is 0 Å². The number of rotatable bonds is 5. The Morgan fingerprint density at radius 1 is 1.35 bits per heavy atom. The van der Waals surface area contributed by atoms with Gasteiger partial charge in [-0.25, -0.2) is 0 Å². The summed E-state index contributed by atoms with van der Waals surface area (Å²) < 4.78 is 10.5. The second-order valence-corrected chi connectivity index (χ2v) is 5.08. The third kappa shape index (κ3) is 3.42. The van der Waals surface area contributed by atoms with Crippen LogP contribution in [-0.4, -0.2) is 44.2 Å². The average Bonchev–Trinajstić information content (AvgIpc) is 2.91. The maximum atomic E-state index is 12.1. The maximum Gasteiger partial charge on any atom is 0.222 e. The van der Waals surface area contributed by atoms with Crippen molar-refractivity contribution >= 4 is 5.91 Å². The van der Waals surface area contributed by atoms with E-state index in [1.807, 2.05) is 23.1 Å². The molecule has 5 nitrogen and oxygen atoms in total. The van der Waals surface area contributed by atoms with E-state index in [-0.39, 0.29) is 11.9 Å². The molecular formula is C15H22N2O3. The van der Waals surface area contributed by atoms with Crippen LogP contribution in [0.25, 0.3) is 0 Å². The fourth-order valence-corrected chi connectivity index (χ4v) is 2.46. The van der Waals surface area contributed by atoms with Crippen molar-refractivity contribution in [1.82, 2.24) is 4.90 Å². The molecule has 1 atom stereocenters. The van der Waals surface area contributed by atoms with Crippen LogP contribution >= 0.6 is 0 Å². The molecule has 0 radical (unpaired) electrons. The molecule has 1 saturated heterocycles. The second kappa shape index (κ2) is 6.61. The van der Waals surface area contributed by atoms with Crippen LogP contribution in [0.5, 0.6) is 11.5 Å². The maximum absolute atomic E-state index is 12.1. The molecule has 20 heavy (non-hydrogen) atoms. The first-order chi connectivity index (χ1) is 9.63. The van der Waals surface area contributed by atoms with Crippen molar-refractivity contribution in [3.05, 3.63) is 23.8 Å². The first kappa shape index (κ1) is 14.7. The predicted octanol–water partition coefficient (Wildman–Crippen LogP) is 1.20. The molecule has 110 valence electrons. The van der Waals surface area contributed by atoms with Crippen LogP contribution in [0.2, 0.25) is 0 Å². The first-order valence-corrected chi connectivity index (χ1v) is 6.88. The number of likely N-dealkylation sites (tertiary alicyclic amines) is 1. The number of amides is 1. The summed E-state index contributed by atoms with van der Waals surface area (Å²) in [7, 11) is 3.22. The Hall–Kier alpha value is -1.75. The number of carbonyl (C=O) groups excluding carboxylic acids is 1. The van der Waals surface area contributed by atoms with E-state index in [0.29, 0.717) is 30.9 Å². The molecule has 0 saturated carbocycles. The summed E-state index contributed by atoms with van der Waals surface area (Å²) in [6.45, 7) is 1.47. The van der Waals surface area contributed by atoms with Crippen LogP contribution in [-0.2, 0) is 11.2 Å². The molecule has 2 rings (SSSR count). The highest BCUT2D eigenvalue weighted by atomic mass is 16.5. The molecular weight excluding hydrogens is 256 g/mol. The summed E-state index contributed by atoms with van der Waals surface area (Å²) in [6.07, 6.45) is 2.11. The molecule has 0 aliphatic carbocycles. The third-order valence-electron chi connectivity index (χ3n) is 3.65. The quantitative estimate of drug-likeness (QED) is 0.879. The Balaban J connectivity index is 1.92. The van der Waals surface area contributed by atoms with E-state index in [2.05, 4.69) is 0 Å². The van der Waals surface area contributed by atoms with Crippen LogP contribution in [0.4, 0.5) is 0 Å². The molecule has 2 N–H and O–H groups in total. The van der Waals surface area contributed by atoms with Crippen LogP contribution < -0.4 is 15.2 Å². The smallest absolute Gasteiger partial charge is 0.222 e. The van der Waals surface area contributed by atoms with Crippen molar-refractivity contribution in [2.45, 2.75) is 25.3 Å². The Morgan fingerprint density at radius 2 is 2.10 bits per heavy atom. The van der Waals surface area contributed by atoms with Crippen LogP contribution in [0.15, 0.2) is 18.2 Å². The molecule has 0 aromatic heterocycles. The number of hydrogen-bond acceptors (Lipinski definition) is 4. The summed E-state index contributed by atoms with van der Waals surface area (Å²) in [5.74, 6) is 1.57. The van der Waals surface area contributed by atoms with Crippen molar-refractivity contribution in [2.24, 2.45) is 5.73 Å². The van der Waals surface area contributed by atoms with Gasteiger partial charge in [-0.15, -0.1) is 0 Å². The predicted molar refractivity (Wildman–Crippen MR) is 77.0 cm³/mol. The normalized spacial score (nSPS) is 18.1. The average molecular weight is 278 g/mol. The lowest BCUT2D eigenvalue weighted by Gasteiger charge is -2.16. The molecule has 5 heteroatoms. The highest BCUT2D eigenvalue weighted by molar-refractivity contribution is 5.76. The summed E-state index contributed by atoms with van der Waals surface area (Å²) in [6, 6.07) is 5.89. The Kier molecular flexibility index (Phi) is 4.84. The topological polar surface area (TPSA) is 64.8 Å². The van der Waals surface area contributed by atoms with Gasteiger partial charge in [0.1, 0.15) is 0 Å². The van der Waals surface area contributed by atoms with Gasteiger partial charge in [0.05, 0.1) is 14.2 Å². The van der Waals surface area contributed by atoms with Gasteiger partial charge in [0, 0.05) is 25.6 Å². The number of benzene rings is 1. The molecule has 1 aromatic rings. The van der Waals surface area contributed by atoms with Gasteiger partial charge in [0.2, 0.25) is 5.91 Å². The molecule has 1 aliphatic rings. The molecule has 1 heterocycles. The standard InChI is InChI=1S/C15H22N2O3/c1-19-13-5-3-11(9-14(13)20-2)4-6-15(18)17-8-7-12(16)10-17/h3,5,9,12H,4,6-8,10,16H2,1-2H3/t12-/m1/s1. The molecule has 0 spiro atoms. The number of hydrogen-bond donors (Lipinski definition) is 1. The number of ether oxygens (including phenoxy) is 2. The van der Waals surface area contributed by atoms with E-state index in [1.54, 1.807) is 14.2 Å². The van der Waals surface area contributed by atoms with Gasteiger partial charge in [-0.1, -0.05) is 6.07 Å². The van der Waals surface area contributed by atoms with Crippen LogP contribution in [0.1, 0.15) is 18.4 Å². The molecule has 0 unspecified atom stereocenters. The van der Waals surface area contributed by atoms with E-state index >= 15 is 0 Å². The van der Waals surface area contributed by atoms with E-state index < -0.39 is 0 Å². The van der Waals surface area contributed by atoms with E-state index in [0.717, 1.165) is 18.5 Å². The van der Waals surface area contributed by atoms with Crippen molar-refractivity contribution in [1.29, 1.82) is 0 Å². The fraction of sp³-hybridized carbons (Fsp3) is 0.533. The van der Waals surface area contributed by atoms with Crippen molar-refractivity contribution in [3.63, 3.8) is 0 Å². The zero-order valence-corrected chi connectivity index (χ0v) is 12.1. The zero-order valence-electron chi connectivity index (χ0n) is 12.1. The summed E-state index contributed by atoms with van der Waals surface area (Å²) in [5.41, 5.74) is 6.88. The molecule has 1 amide bonds. The fourth-order valence-electron chi connectivity index (χ4n) is 2.46. The van der Waals surface area contributed by atoms with Crippen molar-refractivity contribution in [3.8, 4) is 11.5 Å². The third-order valence-corrected chi connectivity index (χ3v) is 3.65. The van der Waals surface area contributed by atoms with Crippen LogP contribution in [0, 0.1) is 0 Å². The number of methoxy groups -OCH3 is 2. The summed E-state index contributed by atoms with van der Waals surface area (Å²) in [5, 5.41) is 0. The van der Waals surface area contributed by atoms with E-state index in [9.17, 15) is 4.79 Å².